The number of benzene rings is 2. The summed E-state index contributed by atoms with van der Waals surface area (Å²) in [4.78, 5) is 17.0. The highest BCUT2D eigenvalue weighted by Gasteiger charge is 2.13. The topological polar surface area (TPSA) is 65.4 Å². The Bertz CT molecular complexity index is 971. The molecule has 1 amide bonds. The van der Waals surface area contributed by atoms with Gasteiger partial charge in [-0.1, -0.05) is 23.9 Å². The second kappa shape index (κ2) is 10.0. The van der Waals surface area contributed by atoms with Crippen molar-refractivity contribution >= 4 is 23.4 Å². The summed E-state index contributed by atoms with van der Waals surface area (Å²) in [5, 5.41) is 3.69. The number of nitrogens with one attached hydrogen (secondary N) is 1. The lowest BCUT2D eigenvalue weighted by molar-refractivity contribution is -0.113. The Kier molecular flexibility index (Phi) is 7.19. The number of nitrogens with zero attached hydrogens (tertiary/aromatic N) is 2. The van der Waals surface area contributed by atoms with Gasteiger partial charge in [-0.05, 0) is 50.6 Å². The van der Waals surface area contributed by atoms with E-state index in [1.54, 1.807) is 12.3 Å². The van der Waals surface area contributed by atoms with Crippen LogP contribution in [0.15, 0.2) is 60.0 Å². The summed E-state index contributed by atoms with van der Waals surface area (Å²) < 4.78 is 13.1. The maximum Gasteiger partial charge on any atom is 0.234 e. The molecular weight excluding hydrogens is 386 g/mol. The molecule has 29 heavy (non-hydrogen) atoms. The van der Waals surface area contributed by atoms with Gasteiger partial charge in [0, 0.05) is 24.1 Å². The van der Waals surface area contributed by atoms with Crippen LogP contribution in [-0.4, -0.2) is 34.4 Å². The fourth-order valence-corrected chi connectivity index (χ4v) is 3.60. The van der Waals surface area contributed by atoms with Gasteiger partial charge in [0.15, 0.2) is 5.16 Å². The van der Waals surface area contributed by atoms with Crippen molar-refractivity contribution < 1.29 is 14.3 Å². The van der Waals surface area contributed by atoms with E-state index in [1.165, 1.54) is 17.3 Å². The maximum atomic E-state index is 12.6. The predicted molar refractivity (Wildman–Crippen MR) is 116 cm³/mol. The fraction of sp³-hybridized carbons (Fsp3) is 0.273. The molecule has 152 valence electrons. The zero-order chi connectivity index (χ0) is 20.6. The van der Waals surface area contributed by atoms with Crippen molar-refractivity contribution in [2.75, 3.05) is 24.3 Å². The molecule has 0 aliphatic carbocycles. The van der Waals surface area contributed by atoms with Crippen LogP contribution in [0.2, 0.25) is 0 Å². The highest BCUT2D eigenvalue weighted by atomic mass is 32.2. The molecule has 0 aliphatic rings. The standard InChI is InChI=1S/C22H25N3O3S/c1-4-27-18-9-10-20(28-5-2)19(14-18)24-21(26)15-29-22-23-11-12-25(22)17-8-6-7-16(3)13-17/h6-14H,4-5,15H2,1-3H3,(H,24,26). The van der Waals surface area contributed by atoms with Crippen molar-refractivity contribution in [2.24, 2.45) is 0 Å². The molecule has 0 unspecified atom stereocenters. The number of aryl methyl sites for hydroxylation is 1. The van der Waals surface area contributed by atoms with Gasteiger partial charge in [0.1, 0.15) is 11.5 Å². The quantitative estimate of drug-likeness (QED) is 0.517. The summed E-state index contributed by atoms with van der Waals surface area (Å²) in [6.07, 6.45) is 3.63. The molecule has 0 fully saturated rings. The summed E-state index contributed by atoms with van der Waals surface area (Å²) >= 11 is 1.38. The van der Waals surface area contributed by atoms with Gasteiger partial charge in [-0.25, -0.2) is 4.98 Å². The van der Waals surface area contributed by atoms with Gasteiger partial charge < -0.3 is 14.8 Å². The number of ether oxygens (including phenoxy) is 2. The number of carbonyl (C=O) groups is 1. The SMILES string of the molecule is CCOc1ccc(OCC)c(NC(=O)CSc2nccn2-c2cccc(C)c2)c1. The van der Waals surface area contributed by atoms with Crippen LogP contribution in [-0.2, 0) is 4.79 Å². The first-order valence-electron chi connectivity index (χ1n) is 9.53. The van der Waals surface area contributed by atoms with E-state index in [9.17, 15) is 4.79 Å². The molecule has 3 aromatic rings. The third-order valence-electron chi connectivity index (χ3n) is 4.05. The van der Waals surface area contributed by atoms with Crippen molar-refractivity contribution in [1.82, 2.24) is 9.55 Å². The van der Waals surface area contributed by atoms with Gasteiger partial charge in [0.05, 0.1) is 24.7 Å². The summed E-state index contributed by atoms with van der Waals surface area (Å²) in [7, 11) is 0. The van der Waals surface area contributed by atoms with E-state index in [1.807, 2.05) is 61.9 Å². The first-order valence-corrected chi connectivity index (χ1v) is 10.5. The van der Waals surface area contributed by atoms with Crippen LogP contribution in [0.1, 0.15) is 19.4 Å². The van der Waals surface area contributed by atoms with Crippen LogP contribution >= 0.6 is 11.8 Å². The maximum absolute atomic E-state index is 12.6. The van der Waals surface area contributed by atoms with Gasteiger partial charge in [0.25, 0.3) is 0 Å². The molecule has 0 aliphatic heterocycles. The molecule has 6 nitrogen and oxygen atoms in total. The first-order chi connectivity index (χ1) is 14.1. The number of amides is 1. The van der Waals surface area contributed by atoms with Crippen molar-refractivity contribution in [3.05, 3.63) is 60.4 Å². The van der Waals surface area contributed by atoms with E-state index in [0.717, 1.165) is 10.8 Å². The molecule has 0 spiro atoms. The second-order valence-corrected chi connectivity index (χ2v) is 7.22. The molecule has 0 saturated heterocycles. The van der Waals surface area contributed by atoms with E-state index in [-0.39, 0.29) is 11.7 Å². The van der Waals surface area contributed by atoms with Crippen LogP contribution in [0.4, 0.5) is 5.69 Å². The fourth-order valence-electron chi connectivity index (χ4n) is 2.83. The largest absolute Gasteiger partial charge is 0.494 e. The number of thioether (sulfide) groups is 1. The van der Waals surface area contributed by atoms with E-state index < -0.39 is 0 Å². The van der Waals surface area contributed by atoms with Gasteiger partial charge >= 0.3 is 0 Å². The van der Waals surface area contributed by atoms with Crippen LogP contribution in [0, 0.1) is 6.92 Å². The zero-order valence-electron chi connectivity index (χ0n) is 16.8. The minimum Gasteiger partial charge on any atom is -0.494 e. The molecule has 0 bridgehead atoms. The summed E-state index contributed by atoms with van der Waals surface area (Å²) in [6.45, 7) is 6.94. The molecule has 1 heterocycles. The van der Waals surface area contributed by atoms with Gasteiger partial charge in [0.2, 0.25) is 5.91 Å². The summed E-state index contributed by atoms with van der Waals surface area (Å²) in [5.74, 6) is 1.40. The molecule has 0 atom stereocenters. The molecular formula is C22H25N3O3S. The summed E-state index contributed by atoms with van der Waals surface area (Å²) in [5.41, 5.74) is 2.79. The van der Waals surface area contributed by atoms with Crippen molar-refractivity contribution in [1.29, 1.82) is 0 Å². The van der Waals surface area contributed by atoms with Crippen molar-refractivity contribution in [3.63, 3.8) is 0 Å². The number of hydrogen-bond acceptors (Lipinski definition) is 5. The lowest BCUT2D eigenvalue weighted by atomic mass is 10.2. The lowest BCUT2D eigenvalue weighted by Gasteiger charge is -2.13. The number of anilines is 1. The normalized spacial score (nSPS) is 10.6. The number of rotatable bonds is 9. The smallest absolute Gasteiger partial charge is 0.234 e. The van der Waals surface area contributed by atoms with Crippen molar-refractivity contribution in [2.45, 2.75) is 25.9 Å². The Balaban J connectivity index is 1.68. The van der Waals surface area contributed by atoms with Crippen LogP contribution in [0.5, 0.6) is 11.5 Å². The summed E-state index contributed by atoms with van der Waals surface area (Å²) in [6, 6.07) is 13.6. The number of hydrogen-bond donors (Lipinski definition) is 1. The monoisotopic (exact) mass is 411 g/mol. The Hall–Kier alpha value is -2.93. The van der Waals surface area contributed by atoms with Gasteiger partial charge in [-0.3, -0.25) is 9.36 Å². The first kappa shape index (κ1) is 20.8. The Morgan fingerprint density at radius 1 is 1.14 bits per heavy atom. The highest BCUT2D eigenvalue weighted by Crippen LogP contribution is 2.30. The van der Waals surface area contributed by atoms with Crippen LogP contribution < -0.4 is 14.8 Å². The Morgan fingerprint density at radius 2 is 1.97 bits per heavy atom. The molecule has 1 aromatic heterocycles. The molecule has 0 radical (unpaired) electrons. The van der Waals surface area contributed by atoms with E-state index in [0.29, 0.717) is 30.4 Å². The second-order valence-electron chi connectivity index (χ2n) is 6.28. The number of carbonyl (C=O) groups excluding carboxylic acids is 1. The Labute approximate surface area is 175 Å². The van der Waals surface area contributed by atoms with Gasteiger partial charge in [-0.15, -0.1) is 0 Å². The molecule has 2 aromatic carbocycles. The van der Waals surface area contributed by atoms with Crippen LogP contribution in [0.25, 0.3) is 5.69 Å². The minimum absolute atomic E-state index is 0.136. The number of imidazole rings is 1. The Morgan fingerprint density at radius 3 is 2.72 bits per heavy atom. The third kappa shape index (κ3) is 5.54. The highest BCUT2D eigenvalue weighted by molar-refractivity contribution is 7.99. The molecule has 0 saturated carbocycles. The van der Waals surface area contributed by atoms with Gasteiger partial charge in [-0.2, -0.15) is 0 Å². The molecule has 3 rings (SSSR count). The van der Waals surface area contributed by atoms with E-state index in [2.05, 4.69) is 16.4 Å². The lowest BCUT2D eigenvalue weighted by Crippen LogP contribution is -2.15. The average Bonchev–Trinajstić information content (AvgIpc) is 3.17. The minimum atomic E-state index is -0.136. The average molecular weight is 412 g/mol. The van der Waals surface area contributed by atoms with E-state index >= 15 is 0 Å². The predicted octanol–water partition coefficient (Wildman–Crippen LogP) is 4.71. The van der Waals surface area contributed by atoms with Crippen molar-refractivity contribution in [3.8, 4) is 17.2 Å². The molecule has 7 heteroatoms. The van der Waals surface area contributed by atoms with E-state index in [4.69, 9.17) is 9.47 Å². The molecule has 1 N–H and O–H groups in total. The van der Waals surface area contributed by atoms with Crippen LogP contribution in [0.3, 0.4) is 0 Å². The number of aromatic nitrogens is 2. The third-order valence-corrected chi connectivity index (χ3v) is 5.02. The zero-order valence-corrected chi connectivity index (χ0v) is 17.7.